The van der Waals surface area contributed by atoms with Crippen LogP contribution in [0.4, 0.5) is 0 Å². The van der Waals surface area contributed by atoms with Gasteiger partial charge in [-0.1, -0.05) is 6.07 Å². The highest BCUT2D eigenvalue weighted by atomic mass is 32.2. The first kappa shape index (κ1) is 17.5. The summed E-state index contributed by atoms with van der Waals surface area (Å²) in [6, 6.07) is 7.20. The lowest BCUT2D eigenvalue weighted by molar-refractivity contribution is 0.0944. The minimum Gasteiger partial charge on any atom is -0.454 e. The molecule has 1 amide bonds. The second-order valence-electron chi connectivity index (χ2n) is 7.60. The van der Waals surface area contributed by atoms with Crippen LogP contribution in [0.25, 0.3) is 0 Å². The summed E-state index contributed by atoms with van der Waals surface area (Å²) >= 11 is 0. The van der Waals surface area contributed by atoms with Crippen LogP contribution in [0.1, 0.15) is 53.0 Å². The Morgan fingerprint density at radius 2 is 2.00 bits per heavy atom. The largest absolute Gasteiger partial charge is 0.454 e. The zero-order valence-corrected chi connectivity index (χ0v) is 16.1. The fraction of sp³-hybridized carbons (Fsp3) is 0.474. The molecule has 1 atom stereocenters. The third-order valence-corrected chi connectivity index (χ3v) is 7.19. The monoisotopic (exact) mass is 403 g/mol. The summed E-state index contributed by atoms with van der Waals surface area (Å²) in [4.78, 5) is 12.6. The van der Waals surface area contributed by atoms with Crippen molar-refractivity contribution in [3.63, 3.8) is 0 Å². The standard InChI is InChI=1S/C19H21N3O5S/c23-19(20-9-12-1-4-17-18(7-12)27-11-26-17)15-8-16(13-2-3-13)22(21-15)14-5-6-28(24,25)10-14/h1,4,7-8,13-14H,2-3,5-6,9-11H2,(H,20,23). The van der Waals surface area contributed by atoms with Crippen molar-refractivity contribution >= 4 is 15.7 Å². The van der Waals surface area contributed by atoms with E-state index in [1.807, 2.05) is 24.3 Å². The van der Waals surface area contributed by atoms with Gasteiger partial charge in [-0.15, -0.1) is 0 Å². The van der Waals surface area contributed by atoms with Crippen LogP contribution in [0.3, 0.4) is 0 Å². The van der Waals surface area contributed by atoms with E-state index in [4.69, 9.17) is 9.47 Å². The quantitative estimate of drug-likeness (QED) is 0.817. The van der Waals surface area contributed by atoms with E-state index in [9.17, 15) is 13.2 Å². The number of amides is 1. The summed E-state index contributed by atoms with van der Waals surface area (Å²) in [5.41, 5.74) is 2.23. The lowest BCUT2D eigenvalue weighted by atomic mass is 10.2. The number of aromatic nitrogens is 2. The Kier molecular flexibility index (Phi) is 4.08. The molecule has 0 radical (unpaired) electrons. The molecule has 1 unspecified atom stereocenters. The lowest BCUT2D eigenvalue weighted by Gasteiger charge is -2.12. The van der Waals surface area contributed by atoms with Gasteiger partial charge in [0.2, 0.25) is 6.79 Å². The van der Waals surface area contributed by atoms with Gasteiger partial charge in [0, 0.05) is 18.2 Å². The maximum absolute atomic E-state index is 12.6. The number of fused-ring (bicyclic) bond motifs is 1. The van der Waals surface area contributed by atoms with Crippen LogP contribution in [0.15, 0.2) is 24.3 Å². The molecule has 2 aromatic rings. The average Bonchev–Trinajstić information content (AvgIpc) is 3.09. The van der Waals surface area contributed by atoms with E-state index in [0.717, 1.165) is 24.1 Å². The van der Waals surface area contributed by atoms with Crippen LogP contribution < -0.4 is 14.8 Å². The Morgan fingerprint density at radius 1 is 1.18 bits per heavy atom. The minimum absolute atomic E-state index is 0.104. The van der Waals surface area contributed by atoms with Crippen LogP contribution in [-0.2, 0) is 16.4 Å². The van der Waals surface area contributed by atoms with Crippen molar-refractivity contribution in [2.24, 2.45) is 0 Å². The molecule has 0 spiro atoms. The van der Waals surface area contributed by atoms with Gasteiger partial charge in [0.05, 0.1) is 17.5 Å². The van der Waals surface area contributed by atoms with Gasteiger partial charge in [0.1, 0.15) is 5.69 Å². The molecule has 28 heavy (non-hydrogen) atoms. The summed E-state index contributed by atoms with van der Waals surface area (Å²) < 4.78 is 36.1. The predicted octanol–water partition coefficient (Wildman–Crippen LogP) is 1.78. The van der Waals surface area contributed by atoms with E-state index in [1.165, 1.54) is 0 Å². The minimum atomic E-state index is -3.01. The molecular formula is C19H21N3O5S. The Bertz CT molecular complexity index is 1040. The van der Waals surface area contributed by atoms with Gasteiger partial charge >= 0.3 is 0 Å². The maximum Gasteiger partial charge on any atom is 0.272 e. The summed E-state index contributed by atoms with van der Waals surface area (Å²) in [6.07, 6.45) is 2.68. The zero-order valence-electron chi connectivity index (χ0n) is 15.3. The molecule has 9 heteroatoms. The molecule has 1 saturated heterocycles. The Hall–Kier alpha value is -2.55. The van der Waals surface area contributed by atoms with E-state index in [2.05, 4.69) is 10.4 Å². The zero-order chi connectivity index (χ0) is 19.3. The van der Waals surface area contributed by atoms with Crippen LogP contribution in [0.2, 0.25) is 0 Å². The highest BCUT2D eigenvalue weighted by Crippen LogP contribution is 2.42. The Balaban J connectivity index is 1.31. The third-order valence-electron chi connectivity index (χ3n) is 5.44. The molecule has 5 rings (SSSR count). The predicted molar refractivity (Wildman–Crippen MR) is 100 cm³/mol. The van der Waals surface area contributed by atoms with Crippen molar-refractivity contribution in [2.45, 2.75) is 37.8 Å². The number of carbonyl (C=O) groups excluding carboxylic acids is 1. The van der Waals surface area contributed by atoms with Crippen LogP contribution >= 0.6 is 0 Å². The van der Waals surface area contributed by atoms with Crippen molar-refractivity contribution in [3.8, 4) is 11.5 Å². The van der Waals surface area contributed by atoms with E-state index in [0.29, 0.717) is 36.1 Å². The normalized spacial score (nSPS) is 22.4. The summed E-state index contributed by atoms with van der Waals surface area (Å²) in [7, 11) is -3.01. The molecular weight excluding hydrogens is 382 g/mol. The van der Waals surface area contributed by atoms with Gasteiger partial charge in [-0.25, -0.2) is 8.42 Å². The number of ether oxygens (including phenoxy) is 2. The molecule has 2 fully saturated rings. The second-order valence-corrected chi connectivity index (χ2v) is 9.83. The third kappa shape index (κ3) is 3.34. The van der Waals surface area contributed by atoms with E-state index in [1.54, 1.807) is 4.68 Å². The van der Waals surface area contributed by atoms with Crippen LogP contribution in [0, 0.1) is 0 Å². The van der Waals surface area contributed by atoms with Gasteiger partial charge in [0.25, 0.3) is 5.91 Å². The molecule has 1 aromatic heterocycles. The molecule has 1 aromatic carbocycles. The first-order valence-electron chi connectivity index (χ1n) is 9.45. The molecule has 3 aliphatic rings. The van der Waals surface area contributed by atoms with E-state index >= 15 is 0 Å². The van der Waals surface area contributed by atoms with Crippen molar-refractivity contribution in [1.82, 2.24) is 15.1 Å². The molecule has 1 N–H and O–H groups in total. The Labute approximate surface area is 162 Å². The number of carbonyl (C=O) groups is 1. The van der Waals surface area contributed by atoms with Gasteiger partial charge in [-0.2, -0.15) is 5.10 Å². The summed E-state index contributed by atoms with van der Waals surface area (Å²) in [6.45, 7) is 0.558. The molecule has 3 heterocycles. The SMILES string of the molecule is O=C(NCc1ccc2c(c1)OCO2)c1cc(C2CC2)n(C2CCS(=O)(=O)C2)n1. The van der Waals surface area contributed by atoms with E-state index < -0.39 is 9.84 Å². The molecule has 1 aliphatic carbocycles. The van der Waals surface area contributed by atoms with Gasteiger partial charge < -0.3 is 14.8 Å². The first-order chi connectivity index (χ1) is 13.5. The summed E-state index contributed by atoms with van der Waals surface area (Å²) in [5.74, 6) is 1.79. The smallest absolute Gasteiger partial charge is 0.272 e. The topological polar surface area (TPSA) is 99.5 Å². The number of nitrogens with zero attached hydrogens (tertiary/aromatic N) is 2. The number of nitrogens with one attached hydrogen (secondary N) is 1. The second kappa shape index (κ2) is 6.51. The van der Waals surface area contributed by atoms with Crippen molar-refractivity contribution in [2.75, 3.05) is 18.3 Å². The molecule has 8 nitrogen and oxygen atoms in total. The number of benzene rings is 1. The Morgan fingerprint density at radius 3 is 2.75 bits per heavy atom. The fourth-order valence-corrected chi connectivity index (χ4v) is 5.48. The number of rotatable bonds is 5. The molecule has 148 valence electrons. The van der Waals surface area contributed by atoms with Crippen LogP contribution in [0.5, 0.6) is 11.5 Å². The first-order valence-corrected chi connectivity index (χ1v) is 11.3. The van der Waals surface area contributed by atoms with Crippen LogP contribution in [-0.4, -0.2) is 42.4 Å². The summed E-state index contributed by atoms with van der Waals surface area (Å²) in [5, 5.41) is 7.37. The molecule has 2 aliphatic heterocycles. The highest BCUT2D eigenvalue weighted by molar-refractivity contribution is 7.91. The lowest BCUT2D eigenvalue weighted by Crippen LogP contribution is -2.24. The molecule has 1 saturated carbocycles. The fourth-order valence-electron chi connectivity index (χ4n) is 3.79. The molecule has 0 bridgehead atoms. The van der Waals surface area contributed by atoms with Gasteiger partial charge in [-0.05, 0) is 43.0 Å². The average molecular weight is 403 g/mol. The highest BCUT2D eigenvalue weighted by Gasteiger charge is 2.36. The van der Waals surface area contributed by atoms with Crippen molar-refractivity contribution < 1.29 is 22.7 Å². The van der Waals surface area contributed by atoms with Gasteiger partial charge in [-0.3, -0.25) is 9.48 Å². The van der Waals surface area contributed by atoms with Crippen molar-refractivity contribution in [3.05, 3.63) is 41.2 Å². The number of hydrogen-bond donors (Lipinski definition) is 1. The van der Waals surface area contributed by atoms with Gasteiger partial charge in [0.15, 0.2) is 21.3 Å². The number of hydrogen-bond acceptors (Lipinski definition) is 6. The van der Waals surface area contributed by atoms with E-state index in [-0.39, 0.29) is 30.2 Å². The maximum atomic E-state index is 12.6. The number of sulfone groups is 1. The van der Waals surface area contributed by atoms with Crippen molar-refractivity contribution in [1.29, 1.82) is 0 Å².